The summed E-state index contributed by atoms with van der Waals surface area (Å²) in [6, 6.07) is 4.98. The molecule has 0 saturated carbocycles. The van der Waals surface area contributed by atoms with Gasteiger partial charge in [0.2, 0.25) is 0 Å². The molecule has 0 aliphatic heterocycles. The van der Waals surface area contributed by atoms with Crippen molar-refractivity contribution < 1.29 is 17.9 Å². The molecule has 2 aromatic carbocycles. The van der Waals surface area contributed by atoms with Gasteiger partial charge in [0.05, 0.1) is 18.2 Å². The van der Waals surface area contributed by atoms with E-state index in [0.29, 0.717) is 11.3 Å². The van der Waals surface area contributed by atoms with Crippen molar-refractivity contribution in [1.29, 1.82) is 0 Å². The van der Waals surface area contributed by atoms with Crippen LogP contribution in [0.5, 0.6) is 5.75 Å². The van der Waals surface area contributed by atoms with E-state index in [1.165, 1.54) is 25.3 Å². The molecule has 2 nitrogen and oxygen atoms in total. The summed E-state index contributed by atoms with van der Waals surface area (Å²) in [6.07, 6.45) is 0. The molecular formula is C15H13ClF3NO. The highest BCUT2D eigenvalue weighted by Gasteiger charge is 2.22. The minimum absolute atomic E-state index is 0.0169. The Labute approximate surface area is 125 Å². The summed E-state index contributed by atoms with van der Waals surface area (Å²) in [5.41, 5.74) is 0.379. The molecule has 2 rings (SSSR count). The van der Waals surface area contributed by atoms with Crippen LogP contribution in [0.3, 0.4) is 0 Å². The molecule has 0 spiro atoms. The lowest BCUT2D eigenvalue weighted by molar-refractivity contribution is 0.403. The molecule has 21 heavy (non-hydrogen) atoms. The third kappa shape index (κ3) is 3.14. The smallest absolute Gasteiger partial charge is 0.142 e. The van der Waals surface area contributed by atoms with Crippen molar-refractivity contribution in [1.82, 2.24) is 5.32 Å². The Morgan fingerprint density at radius 1 is 1.05 bits per heavy atom. The van der Waals surface area contributed by atoms with E-state index in [1.54, 1.807) is 7.05 Å². The van der Waals surface area contributed by atoms with Crippen molar-refractivity contribution in [2.75, 3.05) is 14.2 Å². The van der Waals surface area contributed by atoms with Gasteiger partial charge in [0.25, 0.3) is 0 Å². The summed E-state index contributed by atoms with van der Waals surface area (Å²) in [4.78, 5) is 0. The fraction of sp³-hybridized carbons (Fsp3) is 0.200. The highest BCUT2D eigenvalue weighted by molar-refractivity contribution is 6.30. The molecule has 0 amide bonds. The molecule has 1 atom stereocenters. The molecule has 0 heterocycles. The van der Waals surface area contributed by atoms with Crippen LogP contribution >= 0.6 is 11.6 Å². The first-order valence-electron chi connectivity index (χ1n) is 6.13. The van der Waals surface area contributed by atoms with Gasteiger partial charge in [0.1, 0.15) is 23.2 Å². The largest absolute Gasteiger partial charge is 0.496 e. The highest BCUT2D eigenvalue weighted by Crippen LogP contribution is 2.33. The Balaban J connectivity index is 2.59. The maximum absolute atomic E-state index is 14.1. The number of halogens is 4. The maximum atomic E-state index is 14.1. The van der Waals surface area contributed by atoms with E-state index in [-0.39, 0.29) is 10.6 Å². The molecule has 1 unspecified atom stereocenters. The summed E-state index contributed by atoms with van der Waals surface area (Å²) in [5, 5.41) is 2.52. The van der Waals surface area contributed by atoms with Crippen molar-refractivity contribution in [3.8, 4) is 5.75 Å². The molecule has 0 aliphatic rings. The zero-order valence-corrected chi connectivity index (χ0v) is 12.1. The Kier molecular flexibility index (Phi) is 4.75. The van der Waals surface area contributed by atoms with Gasteiger partial charge in [-0.3, -0.25) is 0 Å². The van der Waals surface area contributed by atoms with Crippen LogP contribution in [0, 0.1) is 17.5 Å². The first-order valence-corrected chi connectivity index (χ1v) is 6.51. The minimum atomic E-state index is -0.776. The van der Waals surface area contributed by atoms with E-state index in [0.717, 1.165) is 12.1 Å². The van der Waals surface area contributed by atoms with E-state index in [9.17, 15) is 13.2 Å². The molecule has 0 aromatic heterocycles. The van der Waals surface area contributed by atoms with E-state index >= 15 is 0 Å². The predicted molar refractivity (Wildman–Crippen MR) is 75.2 cm³/mol. The SMILES string of the molecule is CNC(c1cc(F)c(Cl)cc1F)c1cc(F)ccc1OC. The zero-order chi connectivity index (χ0) is 15.6. The number of benzene rings is 2. The number of hydrogen-bond acceptors (Lipinski definition) is 2. The number of ether oxygens (including phenoxy) is 1. The maximum Gasteiger partial charge on any atom is 0.142 e. The van der Waals surface area contributed by atoms with Crippen LogP contribution in [0.15, 0.2) is 30.3 Å². The summed E-state index contributed by atoms with van der Waals surface area (Å²) in [6.45, 7) is 0. The van der Waals surface area contributed by atoms with Gasteiger partial charge in [0.15, 0.2) is 0 Å². The van der Waals surface area contributed by atoms with E-state index in [4.69, 9.17) is 16.3 Å². The third-order valence-corrected chi connectivity index (χ3v) is 3.43. The first-order chi connectivity index (χ1) is 9.97. The van der Waals surface area contributed by atoms with E-state index < -0.39 is 23.5 Å². The monoisotopic (exact) mass is 315 g/mol. The average molecular weight is 316 g/mol. The number of hydrogen-bond donors (Lipinski definition) is 1. The fourth-order valence-electron chi connectivity index (χ4n) is 2.17. The van der Waals surface area contributed by atoms with Crippen molar-refractivity contribution in [2.24, 2.45) is 0 Å². The van der Waals surface area contributed by atoms with Crippen molar-refractivity contribution in [3.05, 3.63) is 63.9 Å². The number of nitrogens with one attached hydrogen (secondary N) is 1. The van der Waals surface area contributed by atoms with Crippen LogP contribution in [-0.2, 0) is 0 Å². The Hall–Kier alpha value is -1.72. The van der Waals surface area contributed by atoms with Gasteiger partial charge in [-0.2, -0.15) is 0 Å². The fourth-order valence-corrected chi connectivity index (χ4v) is 2.32. The number of methoxy groups -OCH3 is 1. The number of rotatable bonds is 4. The van der Waals surface area contributed by atoms with Gasteiger partial charge in [-0.25, -0.2) is 13.2 Å². The van der Waals surface area contributed by atoms with Crippen LogP contribution in [0.25, 0.3) is 0 Å². The quantitative estimate of drug-likeness (QED) is 0.859. The second-order valence-electron chi connectivity index (χ2n) is 4.40. The second-order valence-corrected chi connectivity index (χ2v) is 4.80. The molecule has 0 saturated heterocycles. The van der Waals surface area contributed by atoms with Gasteiger partial charge in [0, 0.05) is 11.1 Å². The van der Waals surface area contributed by atoms with Crippen LogP contribution in [0.1, 0.15) is 17.2 Å². The van der Waals surface area contributed by atoms with Crippen molar-refractivity contribution >= 4 is 11.6 Å². The molecule has 0 radical (unpaired) electrons. The van der Waals surface area contributed by atoms with Crippen LogP contribution in [0.4, 0.5) is 13.2 Å². The summed E-state index contributed by atoms with van der Waals surface area (Å²) in [7, 11) is 2.98. The van der Waals surface area contributed by atoms with Gasteiger partial charge in [-0.05, 0) is 37.4 Å². The molecule has 0 aliphatic carbocycles. The predicted octanol–water partition coefficient (Wildman–Crippen LogP) is 4.07. The van der Waals surface area contributed by atoms with Gasteiger partial charge in [-0.1, -0.05) is 11.6 Å². The highest BCUT2D eigenvalue weighted by atomic mass is 35.5. The topological polar surface area (TPSA) is 21.3 Å². The molecule has 1 N–H and O–H groups in total. The Morgan fingerprint density at radius 3 is 2.38 bits per heavy atom. The van der Waals surface area contributed by atoms with Crippen molar-refractivity contribution in [2.45, 2.75) is 6.04 Å². The molecule has 6 heteroatoms. The van der Waals surface area contributed by atoms with E-state index in [1.807, 2.05) is 0 Å². The minimum Gasteiger partial charge on any atom is -0.496 e. The Morgan fingerprint density at radius 2 is 1.76 bits per heavy atom. The normalized spacial score (nSPS) is 12.3. The van der Waals surface area contributed by atoms with Crippen LogP contribution < -0.4 is 10.1 Å². The zero-order valence-electron chi connectivity index (χ0n) is 11.4. The summed E-state index contributed by atoms with van der Waals surface area (Å²) >= 11 is 5.54. The van der Waals surface area contributed by atoms with Gasteiger partial charge < -0.3 is 10.1 Å². The van der Waals surface area contributed by atoms with E-state index in [2.05, 4.69) is 5.32 Å². The third-order valence-electron chi connectivity index (χ3n) is 3.14. The first kappa shape index (κ1) is 15.7. The van der Waals surface area contributed by atoms with Gasteiger partial charge in [-0.15, -0.1) is 0 Å². The molecule has 2 aromatic rings. The van der Waals surface area contributed by atoms with Crippen LogP contribution in [-0.4, -0.2) is 14.2 Å². The second kappa shape index (κ2) is 6.37. The molecule has 0 bridgehead atoms. The van der Waals surface area contributed by atoms with Crippen LogP contribution in [0.2, 0.25) is 5.02 Å². The molecule has 112 valence electrons. The molecular weight excluding hydrogens is 303 g/mol. The molecule has 0 fully saturated rings. The average Bonchev–Trinajstić information content (AvgIpc) is 2.45. The lowest BCUT2D eigenvalue weighted by Gasteiger charge is -2.20. The standard InChI is InChI=1S/C15H13ClF3NO/c1-20-15(9-6-13(19)11(16)7-12(9)18)10-5-8(17)3-4-14(10)21-2/h3-7,15,20H,1-2H3. The lowest BCUT2D eigenvalue weighted by atomic mass is 9.97. The lowest BCUT2D eigenvalue weighted by Crippen LogP contribution is -2.20. The summed E-state index contributed by atoms with van der Waals surface area (Å²) in [5.74, 6) is -1.57. The Bertz CT molecular complexity index is 664. The van der Waals surface area contributed by atoms with Gasteiger partial charge >= 0.3 is 0 Å². The summed E-state index contributed by atoms with van der Waals surface area (Å²) < 4.78 is 46.3. The van der Waals surface area contributed by atoms with Crippen molar-refractivity contribution in [3.63, 3.8) is 0 Å².